The van der Waals surface area contributed by atoms with E-state index in [4.69, 9.17) is 16.3 Å². The molecule has 0 radical (unpaired) electrons. The third-order valence-electron chi connectivity index (χ3n) is 6.23. The van der Waals surface area contributed by atoms with Gasteiger partial charge in [-0.3, -0.25) is 4.79 Å². The molecule has 0 saturated carbocycles. The molecule has 1 aromatic carbocycles. The van der Waals surface area contributed by atoms with Crippen molar-refractivity contribution >= 4 is 39.6 Å². The maximum Gasteiger partial charge on any atom is 0.353 e. The van der Waals surface area contributed by atoms with Crippen molar-refractivity contribution in [2.24, 2.45) is 0 Å². The van der Waals surface area contributed by atoms with E-state index >= 15 is 4.39 Å². The molecule has 176 valence electrons. The van der Waals surface area contributed by atoms with E-state index in [1.54, 1.807) is 12.1 Å². The number of aromatic carboxylic acids is 1. The Morgan fingerprint density at radius 3 is 2.97 bits per heavy atom. The molecule has 0 unspecified atom stereocenters. The van der Waals surface area contributed by atoms with Crippen molar-refractivity contribution in [3.63, 3.8) is 0 Å². The van der Waals surface area contributed by atoms with E-state index in [2.05, 4.69) is 19.9 Å². The van der Waals surface area contributed by atoms with Crippen LogP contribution in [0, 0.1) is 5.82 Å². The van der Waals surface area contributed by atoms with Crippen LogP contribution in [0.2, 0.25) is 5.15 Å². The molecule has 6 rings (SSSR count). The van der Waals surface area contributed by atoms with E-state index in [1.807, 2.05) is 0 Å². The first-order chi connectivity index (χ1) is 16.9. The summed E-state index contributed by atoms with van der Waals surface area (Å²) in [5, 5.41) is 10.8. The standard InChI is InChI=1S/C24H17ClFN5O4/c25-21-11(7-15-22(30-21)29-10-28-15)9-31-16-8-14(26)12-4-2-6-35-20(12)18(16)17(19(31)24(33)34)13-3-1-5-27-23(13)32/h1,3,5,7-8,10H,2,4,6,9H2,(H,27,32)(H,33,34)(H,28,29,30). The molecule has 5 aromatic rings. The van der Waals surface area contributed by atoms with Gasteiger partial charge in [0, 0.05) is 22.9 Å². The van der Waals surface area contributed by atoms with Gasteiger partial charge >= 0.3 is 5.97 Å². The number of rotatable bonds is 4. The Labute approximate surface area is 201 Å². The molecule has 0 saturated heterocycles. The summed E-state index contributed by atoms with van der Waals surface area (Å²) >= 11 is 6.41. The third-order valence-corrected chi connectivity index (χ3v) is 6.56. The van der Waals surface area contributed by atoms with Crippen LogP contribution in [0.1, 0.15) is 28.0 Å². The van der Waals surface area contributed by atoms with Gasteiger partial charge in [0.25, 0.3) is 5.56 Å². The minimum Gasteiger partial charge on any atom is -0.492 e. The number of nitrogens with zero attached hydrogens (tertiary/aromatic N) is 3. The molecule has 3 N–H and O–H groups in total. The Morgan fingerprint density at radius 1 is 1.31 bits per heavy atom. The van der Waals surface area contributed by atoms with Crippen LogP contribution in [0.3, 0.4) is 0 Å². The molecule has 0 fully saturated rings. The highest BCUT2D eigenvalue weighted by Crippen LogP contribution is 2.44. The largest absolute Gasteiger partial charge is 0.492 e. The maximum atomic E-state index is 15.2. The normalized spacial score (nSPS) is 13.2. The van der Waals surface area contributed by atoms with Crippen LogP contribution in [0.15, 0.2) is 41.6 Å². The Balaban J connectivity index is 1.72. The molecule has 4 aromatic heterocycles. The number of halogens is 2. The summed E-state index contributed by atoms with van der Waals surface area (Å²) in [7, 11) is 0. The number of ether oxygens (including phenoxy) is 1. The summed E-state index contributed by atoms with van der Waals surface area (Å²) in [5.74, 6) is -1.51. The molecular formula is C24H17ClFN5O4. The average molecular weight is 494 g/mol. The molecule has 0 atom stereocenters. The predicted molar refractivity (Wildman–Crippen MR) is 127 cm³/mol. The number of imidazole rings is 1. The number of fused-ring (bicyclic) bond motifs is 4. The number of aromatic amines is 2. The zero-order valence-corrected chi connectivity index (χ0v) is 18.8. The minimum absolute atomic E-state index is 0.0398. The Bertz CT molecular complexity index is 1720. The Morgan fingerprint density at radius 2 is 2.17 bits per heavy atom. The number of benzene rings is 1. The SMILES string of the molecule is O=C(O)c1c(-c2ccc[nH]c2=O)c2c3c(c(F)cc2n1Cc1cc2[nH]cnc2nc1Cl)CCCO3. The van der Waals surface area contributed by atoms with Gasteiger partial charge in [-0.15, -0.1) is 0 Å². The molecule has 1 aliphatic rings. The summed E-state index contributed by atoms with van der Waals surface area (Å²) in [6.45, 7) is 0.317. The lowest BCUT2D eigenvalue weighted by Gasteiger charge is -2.20. The molecular weight excluding hydrogens is 477 g/mol. The van der Waals surface area contributed by atoms with Crippen molar-refractivity contribution in [2.75, 3.05) is 6.61 Å². The summed E-state index contributed by atoms with van der Waals surface area (Å²) in [6.07, 6.45) is 4.02. The Hall–Kier alpha value is -4.18. The van der Waals surface area contributed by atoms with Crippen molar-refractivity contribution in [1.29, 1.82) is 0 Å². The minimum atomic E-state index is -1.28. The lowest BCUT2D eigenvalue weighted by atomic mass is 9.97. The van der Waals surface area contributed by atoms with Crippen LogP contribution in [-0.2, 0) is 13.0 Å². The molecule has 35 heavy (non-hydrogen) atoms. The smallest absolute Gasteiger partial charge is 0.353 e. The second-order valence-electron chi connectivity index (χ2n) is 8.25. The summed E-state index contributed by atoms with van der Waals surface area (Å²) in [5.41, 5.74) is 1.83. The van der Waals surface area contributed by atoms with Gasteiger partial charge < -0.3 is 24.4 Å². The van der Waals surface area contributed by atoms with Crippen LogP contribution < -0.4 is 10.3 Å². The third kappa shape index (κ3) is 3.28. The van der Waals surface area contributed by atoms with Crippen molar-refractivity contribution in [3.05, 3.63) is 74.9 Å². The second-order valence-corrected chi connectivity index (χ2v) is 8.61. The number of aromatic nitrogens is 5. The summed E-state index contributed by atoms with van der Waals surface area (Å²) < 4.78 is 22.5. The maximum absolute atomic E-state index is 15.2. The number of carbonyl (C=O) groups is 1. The van der Waals surface area contributed by atoms with E-state index in [1.165, 1.54) is 29.2 Å². The van der Waals surface area contributed by atoms with Gasteiger partial charge in [0.2, 0.25) is 0 Å². The number of nitrogens with one attached hydrogen (secondary N) is 2. The number of carboxylic acids is 1. The van der Waals surface area contributed by atoms with Gasteiger partial charge in [0.05, 0.1) is 41.5 Å². The molecule has 0 aliphatic carbocycles. The van der Waals surface area contributed by atoms with Gasteiger partial charge in [-0.05, 0) is 37.1 Å². The van der Waals surface area contributed by atoms with Gasteiger partial charge in [-0.2, -0.15) is 0 Å². The summed E-state index contributed by atoms with van der Waals surface area (Å²) in [4.78, 5) is 39.3. The zero-order valence-electron chi connectivity index (χ0n) is 18.1. The van der Waals surface area contributed by atoms with Crippen LogP contribution in [0.25, 0.3) is 33.2 Å². The first kappa shape index (κ1) is 21.4. The van der Waals surface area contributed by atoms with Crippen molar-refractivity contribution in [1.82, 2.24) is 24.5 Å². The topological polar surface area (TPSA) is 126 Å². The fourth-order valence-electron chi connectivity index (χ4n) is 4.74. The fraction of sp³-hybridized carbons (Fsp3) is 0.167. The van der Waals surface area contributed by atoms with E-state index < -0.39 is 17.3 Å². The molecule has 1 aliphatic heterocycles. The first-order valence-corrected chi connectivity index (χ1v) is 11.2. The van der Waals surface area contributed by atoms with Crippen molar-refractivity contribution in [3.8, 4) is 16.9 Å². The van der Waals surface area contributed by atoms with Crippen LogP contribution in [0.5, 0.6) is 5.75 Å². The molecule has 0 bridgehead atoms. The molecule has 5 heterocycles. The number of carboxylic acid groups (broad SMARTS) is 1. The number of hydrogen-bond acceptors (Lipinski definition) is 5. The van der Waals surface area contributed by atoms with Gasteiger partial charge in [0.15, 0.2) is 5.65 Å². The Kier molecular flexibility index (Phi) is 4.85. The molecule has 11 heteroatoms. The van der Waals surface area contributed by atoms with Crippen molar-refractivity contribution in [2.45, 2.75) is 19.4 Å². The monoisotopic (exact) mass is 493 g/mol. The quantitative estimate of drug-likeness (QED) is 0.323. The summed E-state index contributed by atoms with van der Waals surface area (Å²) in [6, 6.07) is 6.16. The van der Waals surface area contributed by atoms with Crippen LogP contribution >= 0.6 is 11.6 Å². The molecule has 0 spiro atoms. The lowest BCUT2D eigenvalue weighted by Crippen LogP contribution is -2.14. The zero-order chi connectivity index (χ0) is 24.3. The predicted octanol–water partition coefficient (Wildman–Crippen LogP) is 4.13. The van der Waals surface area contributed by atoms with E-state index in [-0.39, 0.29) is 39.8 Å². The first-order valence-electron chi connectivity index (χ1n) is 10.8. The fourth-order valence-corrected chi connectivity index (χ4v) is 4.93. The van der Waals surface area contributed by atoms with E-state index in [9.17, 15) is 14.7 Å². The average Bonchev–Trinajstić information content (AvgIpc) is 3.42. The van der Waals surface area contributed by atoms with Crippen LogP contribution in [-0.4, -0.2) is 42.2 Å². The number of H-pyrrole nitrogens is 2. The second kappa shape index (κ2) is 7.95. The van der Waals surface area contributed by atoms with Gasteiger partial charge in [0.1, 0.15) is 22.4 Å². The van der Waals surface area contributed by atoms with Crippen LogP contribution in [0.4, 0.5) is 4.39 Å². The van der Waals surface area contributed by atoms with Gasteiger partial charge in [-0.1, -0.05) is 11.6 Å². The molecule has 0 amide bonds. The number of hydrogen-bond donors (Lipinski definition) is 3. The lowest BCUT2D eigenvalue weighted by molar-refractivity contribution is 0.0687. The van der Waals surface area contributed by atoms with Gasteiger partial charge in [-0.25, -0.2) is 19.2 Å². The number of pyridine rings is 2. The van der Waals surface area contributed by atoms with E-state index in [0.717, 1.165) is 0 Å². The molecule has 9 nitrogen and oxygen atoms in total. The highest BCUT2D eigenvalue weighted by molar-refractivity contribution is 6.30. The van der Waals surface area contributed by atoms with Crippen molar-refractivity contribution < 1.29 is 19.0 Å². The highest BCUT2D eigenvalue weighted by atomic mass is 35.5. The van der Waals surface area contributed by atoms with E-state index in [0.29, 0.717) is 47.1 Å². The highest BCUT2D eigenvalue weighted by Gasteiger charge is 2.31.